The Bertz CT molecular complexity index is 626. The van der Waals surface area contributed by atoms with Gasteiger partial charge < -0.3 is 14.5 Å². The van der Waals surface area contributed by atoms with Crippen LogP contribution in [-0.2, 0) is 19.7 Å². The van der Waals surface area contributed by atoms with E-state index in [-0.39, 0.29) is 17.7 Å². The van der Waals surface area contributed by atoms with Gasteiger partial charge in [0.2, 0.25) is 5.91 Å². The molecule has 138 valence electrons. The van der Waals surface area contributed by atoms with Crippen LogP contribution in [0.25, 0.3) is 0 Å². The van der Waals surface area contributed by atoms with Gasteiger partial charge in [-0.2, -0.15) is 0 Å². The van der Waals surface area contributed by atoms with Crippen molar-refractivity contribution in [1.29, 1.82) is 0 Å². The Kier molecular flexibility index (Phi) is 6.09. The van der Waals surface area contributed by atoms with Gasteiger partial charge in [0.1, 0.15) is 6.42 Å². The van der Waals surface area contributed by atoms with Crippen molar-refractivity contribution >= 4 is 17.6 Å². The molecule has 0 aromatic heterocycles. The molecule has 1 aromatic carbocycles. The van der Waals surface area contributed by atoms with Gasteiger partial charge >= 0.3 is 5.97 Å². The Labute approximate surface area is 150 Å². The van der Waals surface area contributed by atoms with Gasteiger partial charge in [-0.3, -0.25) is 9.59 Å². The number of aryl methyl sites for hydroxylation is 1. The van der Waals surface area contributed by atoms with Gasteiger partial charge in [-0.05, 0) is 30.9 Å². The van der Waals surface area contributed by atoms with Crippen LogP contribution in [0.2, 0.25) is 0 Å². The van der Waals surface area contributed by atoms with E-state index in [2.05, 4.69) is 50.8 Å². The molecule has 1 heterocycles. The van der Waals surface area contributed by atoms with Gasteiger partial charge in [-0.15, -0.1) is 0 Å². The van der Waals surface area contributed by atoms with E-state index in [0.717, 1.165) is 13.1 Å². The molecule has 0 aliphatic carbocycles. The van der Waals surface area contributed by atoms with E-state index >= 15 is 0 Å². The van der Waals surface area contributed by atoms with Gasteiger partial charge in [0.05, 0.1) is 6.61 Å². The Balaban J connectivity index is 2.03. The first-order valence-electron chi connectivity index (χ1n) is 9.02. The summed E-state index contributed by atoms with van der Waals surface area (Å²) < 4.78 is 4.86. The first-order chi connectivity index (χ1) is 11.7. The fourth-order valence-corrected chi connectivity index (χ4v) is 3.17. The van der Waals surface area contributed by atoms with Crippen LogP contribution in [0.5, 0.6) is 0 Å². The zero-order chi connectivity index (χ0) is 18.6. The van der Waals surface area contributed by atoms with Crippen LogP contribution in [0.15, 0.2) is 18.2 Å². The fraction of sp³-hybridized carbons (Fsp3) is 0.600. The van der Waals surface area contributed by atoms with E-state index in [1.54, 1.807) is 11.8 Å². The van der Waals surface area contributed by atoms with Gasteiger partial charge in [-0.1, -0.05) is 38.5 Å². The van der Waals surface area contributed by atoms with Crippen molar-refractivity contribution in [2.45, 2.75) is 46.5 Å². The van der Waals surface area contributed by atoms with Gasteiger partial charge in [0.15, 0.2) is 0 Å². The maximum atomic E-state index is 12.2. The van der Waals surface area contributed by atoms with Crippen LogP contribution >= 0.6 is 0 Å². The third kappa shape index (κ3) is 4.97. The highest BCUT2D eigenvalue weighted by atomic mass is 16.5. The SMILES string of the molecule is CCOC(=O)CC(=O)N1CCN(c2ccc(C)cc2C(C)(C)C)CC1. The molecule has 2 rings (SSSR count). The highest BCUT2D eigenvalue weighted by Crippen LogP contribution is 2.33. The molecule has 5 nitrogen and oxygen atoms in total. The molecule has 0 unspecified atom stereocenters. The smallest absolute Gasteiger partial charge is 0.315 e. The molecule has 1 aromatic rings. The number of benzene rings is 1. The third-order valence-electron chi connectivity index (χ3n) is 4.53. The molecule has 0 bridgehead atoms. The standard InChI is InChI=1S/C20H30N2O3/c1-6-25-19(24)14-18(23)22-11-9-21(10-12-22)17-8-7-15(2)13-16(17)20(3,4)5/h7-8,13H,6,9-12,14H2,1-5H3. The zero-order valence-electron chi connectivity index (χ0n) is 16.1. The van der Waals surface area contributed by atoms with Gasteiger partial charge in [-0.25, -0.2) is 0 Å². The molecule has 1 saturated heterocycles. The van der Waals surface area contributed by atoms with E-state index < -0.39 is 5.97 Å². The molecular weight excluding hydrogens is 316 g/mol. The summed E-state index contributed by atoms with van der Waals surface area (Å²) in [7, 11) is 0. The second-order valence-electron chi connectivity index (χ2n) is 7.62. The van der Waals surface area contributed by atoms with Crippen molar-refractivity contribution in [3.05, 3.63) is 29.3 Å². The number of carbonyl (C=O) groups is 2. The van der Waals surface area contributed by atoms with Crippen molar-refractivity contribution in [2.24, 2.45) is 0 Å². The average molecular weight is 346 g/mol. The van der Waals surface area contributed by atoms with E-state index in [4.69, 9.17) is 4.74 Å². The van der Waals surface area contributed by atoms with Crippen LogP contribution in [0.1, 0.15) is 45.2 Å². The van der Waals surface area contributed by atoms with Crippen LogP contribution < -0.4 is 4.90 Å². The number of rotatable bonds is 4. The van der Waals surface area contributed by atoms with E-state index in [1.165, 1.54) is 16.8 Å². The van der Waals surface area contributed by atoms with E-state index in [0.29, 0.717) is 19.7 Å². The monoisotopic (exact) mass is 346 g/mol. The summed E-state index contributed by atoms with van der Waals surface area (Å²) >= 11 is 0. The summed E-state index contributed by atoms with van der Waals surface area (Å²) in [5.74, 6) is -0.582. The quantitative estimate of drug-likeness (QED) is 0.621. The molecule has 1 aliphatic rings. The number of anilines is 1. The summed E-state index contributed by atoms with van der Waals surface area (Å²) in [5.41, 5.74) is 3.91. The zero-order valence-corrected chi connectivity index (χ0v) is 16.1. The lowest BCUT2D eigenvalue weighted by molar-refractivity contribution is -0.148. The normalized spacial score (nSPS) is 15.2. The second kappa shape index (κ2) is 7.89. The Hall–Kier alpha value is -2.04. The minimum Gasteiger partial charge on any atom is -0.466 e. The molecule has 25 heavy (non-hydrogen) atoms. The maximum Gasteiger partial charge on any atom is 0.315 e. The summed E-state index contributed by atoms with van der Waals surface area (Å²) in [5, 5.41) is 0. The Morgan fingerprint density at radius 3 is 2.32 bits per heavy atom. The number of carbonyl (C=O) groups excluding carboxylic acids is 2. The van der Waals surface area contributed by atoms with Crippen molar-refractivity contribution in [3.63, 3.8) is 0 Å². The highest BCUT2D eigenvalue weighted by molar-refractivity contribution is 5.94. The lowest BCUT2D eigenvalue weighted by atomic mass is 9.84. The molecule has 1 amide bonds. The molecule has 1 aliphatic heterocycles. The number of hydrogen-bond acceptors (Lipinski definition) is 4. The van der Waals surface area contributed by atoms with Crippen LogP contribution in [0, 0.1) is 6.92 Å². The predicted molar refractivity (Wildman–Crippen MR) is 99.9 cm³/mol. The predicted octanol–water partition coefficient (Wildman–Crippen LogP) is 2.89. The number of ether oxygens (including phenoxy) is 1. The minimum absolute atomic E-state index is 0.0677. The summed E-state index contributed by atoms with van der Waals surface area (Å²) in [6, 6.07) is 6.59. The molecule has 0 saturated carbocycles. The topological polar surface area (TPSA) is 49.9 Å². The molecule has 0 N–H and O–H groups in total. The molecular formula is C20H30N2O3. The van der Waals surface area contributed by atoms with Crippen molar-refractivity contribution in [2.75, 3.05) is 37.7 Å². The first kappa shape index (κ1) is 19.3. The van der Waals surface area contributed by atoms with Crippen molar-refractivity contribution in [1.82, 2.24) is 4.90 Å². The lowest BCUT2D eigenvalue weighted by Gasteiger charge is -2.38. The number of amides is 1. The van der Waals surface area contributed by atoms with Crippen molar-refractivity contribution < 1.29 is 14.3 Å². The van der Waals surface area contributed by atoms with E-state index in [1.807, 2.05) is 0 Å². The highest BCUT2D eigenvalue weighted by Gasteiger charge is 2.26. The summed E-state index contributed by atoms with van der Waals surface area (Å²) in [6.07, 6.45) is -0.161. The number of hydrogen-bond donors (Lipinski definition) is 0. The summed E-state index contributed by atoms with van der Waals surface area (Å²) in [4.78, 5) is 27.8. The third-order valence-corrected chi connectivity index (χ3v) is 4.53. The molecule has 5 heteroatoms. The van der Waals surface area contributed by atoms with Crippen LogP contribution in [0.4, 0.5) is 5.69 Å². The molecule has 0 radical (unpaired) electrons. The largest absolute Gasteiger partial charge is 0.466 e. The van der Waals surface area contributed by atoms with Gasteiger partial charge in [0, 0.05) is 31.9 Å². The second-order valence-corrected chi connectivity index (χ2v) is 7.62. The molecule has 1 fully saturated rings. The number of nitrogens with zero attached hydrogens (tertiary/aromatic N) is 2. The Morgan fingerprint density at radius 2 is 1.76 bits per heavy atom. The van der Waals surface area contributed by atoms with Crippen molar-refractivity contribution in [3.8, 4) is 0 Å². The van der Waals surface area contributed by atoms with Gasteiger partial charge in [0.25, 0.3) is 0 Å². The number of esters is 1. The van der Waals surface area contributed by atoms with Crippen LogP contribution in [0.3, 0.4) is 0 Å². The first-order valence-corrected chi connectivity index (χ1v) is 9.02. The van der Waals surface area contributed by atoms with Crippen LogP contribution in [-0.4, -0.2) is 49.6 Å². The fourth-order valence-electron chi connectivity index (χ4n) is 3.17. The maximum absolute atomic E-state index is 12.2. The molecule has 0 spiro atoms. The lowest BCUT2D eigenvalue weighted by Crippen LogP contribution is -2.49. The summed E-state index contributed by atoms with van der Waals surface area (Å²) in [6.45, 7) is 13.7. The molecule has 0 atom stereocenters. The average Bonchev–Trinajstić information content (AvgIpc) is 2.54. The minimum atomic E-state index is -0.441. The Morgan fingerprint density at radius 1 is 1.12 bits per heavy atom. The number of piperazine rings is 1. The van der Waals surface area contributed by atoms with E-state index in [9.17, 15) is 9.59 Å².